The maximum atomic E-state index is 13.4. The van der Waals surface area contributed by atoms with Crippen LogP contribution in [0.3, 0.4) is 0 Å². The minimum Gasteiger partial charge on any atom is -0.332 e. The average molecular weight is 371 g/mol. The number of hydrogen-bond donors (Lipinski definition) is 0. The molecule has 5 heterocycles. The van der Waals surface area contributed by atoms with Gasteiger partial charge < -0.3 is 4.90 Å². The number of fused-ring (bicyclic) bond motifs is 2. The van der Waals surface area contributed by atoms with E-state index in [9.17, 15) is 9.18 Å². The summed E-state index contributed by atoms with van der Waals surface area (Å²) in [6.07, 6.45) is 2.34. The van der Waals surface area contributed by atoms with Gasteiger partial charge in [-0.1, -0.05) is 12.1 Å². The molecule has 2 bridgehead atoms. The van der Waals surface area contributed by atoms with E-state index in [1.54, 1.807) is 17.6 Å². The summed E-state index contributed by atoms with van der Waals surface area (Å²) in [6, 6.07) is 7.49. The van der Waals surface area contributed by atoms with Crippen molar-refractivity contribution in [2.45, 2.75) is 37.8 Å². The molecule has 4 aliphatic heterocycles. The highest BCUT2D eigenvalue weighted by Crippen LogP contribution is 2.47. The number of benzene rings is 1. The van der Waals surface area contributed by atoms with Gasteiger partial charge in [-0.3, -0.25) is 9.69 Å². The van der Waals surface area contributed by atoms with Crippen LogP contribution in [0.25, 0.3) is 0 Å². The van der Waals surface area contributed by atoms with Gasteiger partial charge >= 0.3 is 0 Å². The summed E-state index contributed by atoms with van der Waals surface area (Å²) in [5, 5.41) is 0. The molecule has 0 radical (unpaired) electrons. The van der Waals surface area contributed by atoms with E-state index in [1.807, 2.05) is 19.1 Å². The standard InChI is InChI=1S/C20H22FN3OS/c1-12-19(26-11-22-12)20(25)24-10-16(13-2-4-15(21)5-3-13)18-17(24)14-6-8-23(18)9-7-14/h2-5,11,14,16-18H,6-10H2,1H3/t16-,17+,18+/m0/s1. The molecule has 4 nitrogen and oxygen atoms in total. The lowest BCUT2D eigenvalue weighted by atomic mass is 9.75. The number of aryl methyl sites for hydroxylation is 1. The molecular formula is C20H22FN3OS. The molecule has 0 unspecified atom stereocenters. The summed E-state index contributed by atoms with van der Waals surface area (Å²) >= 11 is 1.44. The summed E-state index contributed by atoms with van der Waals surface area (Å²) in [7, 11) is 0. The number of hydrogen-bond acceptors (Lipinski definition) is 4. The number of aromatic nitrogens is 1. The second-order valence-electron chi connectivity index (χ2n) is 7.74. The molecule has 6 heteroatoms. The van der Waals surface area contributed by atoms with E-state index < -0.39 is 0 Å². The Morgan fingerprint density at radius 1 is 1.19 bits per heavy atom. The van der Waals surface area contributed by atoms with Gasteiger partial charge in [-0.2, -0.15) is 0 Å². The number of likely N-dealkylation sites (tertiary alicyclic amines) is 1. The Morgan fingerprint density at radius 2 is 1.92 bits per heavy atom. The molecule has 1 amide bonds. The van der Waals surface area contributed by atoms with Crippen LogP contribution in [0.4, 0.5) is 4.39 Å². The quantitative estimate of drug-likeness (QED) is 0.813. The Kier molecular flexibility index (Phi) is 3.87. The van der Waals surface area contributed by atoms with Gasteiger partial charge in [-0.05, 0) is 56.5 Å². The van der Waals surface area contributed by atoms with Crippen molar-refractivity contribution in [3.8, 4) is 0 Å². The number of amides is 1. The molecule has 2 aromatic rings. The van der Waals surface area contributed by atoms with E-state index in [0.29, 0.717) is 18.5 Å². The smallest absolute Gasteiger partial charge is 0.266 e. The number of halogens is 1. The van der Waals surface area contributed by atoms with Gasteiger partial charge in [-0.15, -0.1) is 11.3 Å². The van der Waals surface area contributed by atoms with Crippen LogP contribution >= 0.6 is 11.3 Å². The van der Waals surface area contributed by atoms with Crippen molar-refractivity contribution in [3.05, 3.63) is 51.7 Å². The zero-order chi connectivity index (χ0) is 17.8. The first-order valence-corrected chi connectivity index (χ1v) is 10.2. The third-order valence-electron chi connectivity index (χ3n) is 6.49. The minimum absolute atomic E-state index is 0.123. The van der Waals surface area contributed by atoms with E-state index in [2.05, 4.69) is 14.8 Å². The zero-order valence-electron chi connectivity index (χ0n) is 14.8. The molecule has 3 atom stereocenters. The van der Waals surface area contributed by atoms with Crippen molar-refractivity contribution in [1.82, 2.24) is 14.8 Å². The van der Waals surface area contributed by atoms with E-state index >= 15 is 0 Å². The molecule has 4 saturated heterocycles. The summed E-state index contributed by atoms with van der Waals surface area (Å²) in [5.74, 6) is 0.744. The number of piperidine rings is 3. The molecular weight excluding hydrogens is 349 g/mol. The Hall–Kier alpha value is -1.79. The molecule has 4 fully saturated rings. The van der Waals surface area contributed by atoms with Crippen LogP contribution in [-0.4, -0.2) is 52.4 Å². The van der Waals surface area contributed by atoms with Gasteiger partial charge in [0.05, 0.1) is 17.2 Å². The number of thiazole rings is 1. The van der Waals surface area contributed by atoms with Crippen LogP contribution in [0, 0.1) is 18.7 Å². The van der Waals surface area contributed by atoms with E-state index in [4.69, 9.17) is 0 Å². The normalized spacial score (nSPS) is 32.7. The van der Waals surface area contributed by atoms with E-state index in [1.165, 1.54) is 24.2 Å². The predicted octanol–water partition coefficient (Wildman–Crippen LogP) is 3.29. The number of rotatable bonds is 2. The van der Waals surface area contributed by atoms with Crippen molar-refractivity contribution in [2.24, 2.45) is 5.92 Å². The van der Waals surface area contributed by atoms with E-state index in [-0.39, 0.29) is 23.7 Å². The molecule has 136 valence electrons. The SMILES string of the molecule is Cc1ncsc1C(=O)N1C[C@@H](c2ccc(F)cc2)[C@@H]2[C@H]1C1CCN2CC1. The fraction of sp³-hybridized carbons (Fsp3) is 0.500. The number of nitrogens with zero attached hydrogens (tertiary/aromatic N) is 3. The van der Waals surface area contributed by atoms with Crippen LogP contribution < -0.4 is 0 Å². The molecule has 1 aromatic carbocycles. The van der Waals surface area contributed by atoms with Crippen LogP contribution in [0.2, 0.25) is 0 Å². The Balaban J connectivity index is 1.53. The highest BCUT2D eigenvalue weighted by atomic mass is 32.1. The molecule has 0 saturated carbocycles. The average Bonchev–Trinajstić information content (AvgIpc) is 3.28. The molecule has 0 spiro atoms. The third-order valence-corrected chi connectivity index (χ3v) is 7.41. The molecule has 1 aromatic heterocycles. The van der Waals surface area contributed by atoms with Crippen LogP contribution in [0.5, 0.6) is 0 Å². The largest absolute Gasteiger partial charge is 0.332 e. The summed E-state index contributed by atoms with van der Waals surface area (Å²) in [6.45, 7) is 4.85. The van der Waals surface area contributed by atoms with Gasteiger partial charge in [0.15, 0.2) is 0 Å². The lowest BCUT2D eigenvalue weighted by Crippen LogP contribution is -2.60. The van der Waals surface area contributed by atoms with Crippen molar-refractivity contribution < 1.29 is 9.18 Å². The summed E-state index contributed by atoms with van der Waals surface area (Å²) < 4.78 is 13.4. The first kappa shape index (κ1) is 16.4. The van der Waals surface area contributed by atoms with E-state index in [0.717, 1.165) is 29.2 Å². The van der Waals surface area contributed by atoms with Gasteiger partial charge in [0, 0.05) is 18.5 Å². The van der Waals surface area contributed by atoms with Gasteiger partial charge in [0.1, 0.15) is 10.7 Å². The minimum atomic E-state index is -0.206. The number of carbonyl (C=O) groups excluding carboxylic acids is 1. The second-order valence-corrected chi connectivity index (χ2v) is 8.59. The lowest BCUT2D eigenvalue weighted by molar-refractivity contribution is -0.00329. The Labute approximate surface area is 156 Å². The van der Waals surface area contributed by atoms with Crippen molar-refractivity contribution in [1.29, 1.82) is 0 Å². The van der Waals surface area contributed by atoms with Gasteiger partial charge in [0.2, 0.25) is 0 Å². The van der Waals surface area contributed by atoms with Crippen LogP contribution in [0.1, 0.15) is 39.7 Å². The predicted molar refractivity (Wildman–Crippen MR) is 98.9 cm³/mol. The number of carbonyl (C=O) groups is 1. The van der Waals surface area contributed by atoms with Gasteiger partial charge in [0.25, 0.3) is 5.91 Å². The fourth-order valence-electron chi connectivity index (χ4n) is 5.30. The molecule has 0 N–H and O–H groups in total. The van der Waals surface area contributed by atoms with Crippen molar-refractivity contribution in [2.75, 3.05) is 19.6 Å². The Morgan fingerprint density at radius 3 is 2.58 bits per heavy atom. The first-order chi connectivity index (χ1) is 12.6. The molecule has 6 rings (SSSR count). The van der Waals surface area contributed by atoms with Crippen molar-refractivity contribution >= 4 is 17.2 Å². The second kappa shape index (κ2) is 6.13. The highest BCUT2D eigenvalue weighted by molar-refractivity contribution is 7.11. The maximum absolute atomic E-state index is 13.4. The van der Waals surface area contributed by atoms with Gasteiger partial charge in [-0.25, -0.2) is 9.37 Å². The Bertz CT molecular complexity index is 828. The zero-order valence-corrected chi connectivity index (χ0v) is 15.6. The molecule has 4 aliphatic rings. The lowest BCUT2D eigenvalue weighted by Gasteiger charge is -2.51. The topological polar surface area (TPSA) is 36.4 Å². The molecule has 0 aliphatic carbocycles. The third kappa shape index (κ3) is 2.42. The maximum Gasteiger partial charge on any atom is 0.266 e. The monoisotopic (exact) mass is 371 g/mol. The summed E-state index contributed by atoms with van der Waals surface area (Å²) in [5.41, 5.74) is 3.72. The van der Waals surface area contributed by atoms with Crippen molar-refractivity contribution in [3.63, 3.8) is 0 Å². The summed E-state index contributed by atoms with van der Waals surface area (Å²) in [4.78, 5) is 23.0. The highest BCUT2D eigenvalue weighted by Gasteiger charge is 2.54. The van der Waals surface area contributed by atoms with Crippen LogP contribution in [0.15, 0.2) is 29.8 Å². The van der Waals surface area contributed by atoms with Crippen LogP contribution in [-0.2, 0) is 0 Å². The first-order valence-electron chi connectivity index (χ1n) is 9.34. The molecule has 26 heavy (non-hydrogen) atoms. The fourth-order valence-corrected chi connectivity index (χ4v) is 6.05.